The topological polar surface area (TPSA) is 54.9 Å². The number of nitrogens with one attached hydrogen (secondary N) is 1. The van der Waals surface area contributed by atoms with Crippen molar-refractivity contribution >= 4 is 5.91 Å². The summed E-state index contributed by atoms with van der Waals surface area (Å²) in [7, 11) is 0. The van der Waals surface area contributed by atoms with E-state index in [0.717, 1.165) is 0 Å². The molecule has 1 aromatic heterocycles. The molecule has 0 aliphatic rings. The summed E-state index contributed by atoms with van der Waals surface area (Å²) in [6.45, 7) is 5.70. The van der Waals surface area contributed by atoms with Gasteiger partial charge in [0.2, 0.25) is 0 Å². The minimum Gasteiger partial charge on any atom is -0.347 e. The molecule has 0 unspecified atom stereocenters. The number of hydrogen-bond donors (Lipinski definition) is 1. The molecular formula is C15H16FN3O. The van der Waals surface area contributed by atoms with E-state index in [2.05, 4.69) is 15.3 Å². The van der Waals surface area contributed by atoms with Crippen molar-refractivity contribution < 1.29 is 9.18 Å². The summed E-state index contributed by atoms with van der Waals surface area (Å²) in [5.74, 6) is -0.0737. The Hall–Kier alpha value is -2.30. The monoisotopic (exact) mass is 273 g/mol. The van der Waals surface area contributed by atoms with Crippen molar-refractivity contribution in [3.05, 3.63) is 48.0 Å². The maximum Gasteiger partial charge on any atom is 0.254 e. The Morgan fingerprint density at radius 2 is 1.65 bits per heavy atom. The first-order valence-electron chi connectivity index (χ1n) is 6.26. The average molecular weight is 273 g/mol. The minimum atomic E-state index is -0.313. The van der Waals surface area contributed by atoms with Crippen molar-refractivity contribution in [1.29, 1.82) is 0 Å². The molecule has 1 amide bonds. The molecule has 0 fully saturated rings. The molecule has 0 aliphatic carbocycles. The van der Waals surface area contributed by atoms with Gasteiger partial charge in [-0.25, -0.2) is 14.4 Å². The van der Waals surface area contributed by atoms with Crippen LogP contribution in [0.5, 0.6) is 0 Å². The number of rotatable bonds is 2. The van der Waals surface area contributed by atoms with E-state index in [1.165, 1.54) is 24.5 Å². The molecule has 2 aromatic rings. The molecular weight excluding hydrogens is 257 g/mol. The van der Waals surface area contributed by atoms with Gasteiger partial charge in [-0.1, -0.05) is 0 Å². The van der Waals surface area contributed by atoms with Gasteiger partial charge in [-0.05, 0) is 45.0 Å². The van der Waals surface area contributed by atoms with Crippen molar-refractivity contribution in [2.45, 2.75) is 26.3 Å². The Bertz CT molecular complexity index is 601. The van der Waals surface area contributed by atoms with E-state index in [1.54, 1.807) is 12.1 Å². The van der Waals surface area contributed by atoms with Crippen LogP contribution in [0.15, 0.2) is 36.7 Å². The molecule has 0 atom stereocenters. The summed E-state index contributed by atoms with van der Waals surface area (Å²) < 4.78 is 12.8. The first kappa shape index (κ1) is 14.1. The zero-order chi connectivity index (χ0) is 14.8. The van der Waals surface area contributed by atoms with E-state index < -0.39 is 0 Å². The van der Waals surface area contributed by atoms with E-state index in [-0.39, 0.29) is 17.3 Å². The standard InChI is InChI=1S/C15H16FN3O/c1-15(2,3)19-14(20)11-8-17-13(18-9-11)10-4-6-12(16)7-5-10/h4-9H,1-3H3,(H,19,20). The lowest BCUT2D eigenvalue weighted by Crippen LogP contribution is -2.40. The van der Waals surface area contributed by atoms with Gasteiger partial charge in [-0.2, -0.15) is 0 Å². The second kappa shape index (κ2) is 5.36. The summed E-state index contributed by atoms with van der Waals surface area (Å²) in [4.78, 5) is 20.2. The molecule has 0 saturated carbocycles. The van der Waals surface area contributed by atoms with Gasteiger partial charge in [0, 0.05) is 23.5 Å². The lowest BCUT2D eigenvalue weighted by atomic mass is 10.1. The van der Waals surface area contributed by atoms with Crippen LogP contribution in [0.1, 0.15) is 31.1 Å². The fourth-order valence-electron chi connectivity index (χ4n) is 1.61. The molecule has 0 radical (unpaired) electrons. The maximum absolute atomic E-state index is 12.8. The summed E-state index contributed by atoms with van der Waals surface area (Å²) >= 11 is 0. The highest BCUT2D eigenvalue weighted by Gasteiger charge is 2.16. The zero-order valence-electron chi connectivity index (χ0n) is 11.6. The number of nitrogens with zero attached hydrogens (tertiary/aromatic N) is 2. The molecule has 0 bridgehead atoms. The van der Waals surface area contributed by atoms with Gasteiger partial charge < -0.3 is 5.32 Å². The maximum atomic E-state index is 12.8. The Morgan fingerprint density at radius 1 is 1.10 bits per heavy atom. The first-order valence-corrected chi connectivity index (χ1v) is 6.26. The van der Waals surface area contributed by atoms with Crippen molar-refractivity contribution in [2.24, 2.45) is 0 Å². The van der Waals surface area contributed by atoms with Gasteiger partial charge in [0.05, 0.1) is 5.56 Å². The largest absolute Gasteiger partial charge is 0.347 e. The zero-order valence-corrected chi connectivity index (χ0v) is 11.6. The van der Waals surface area contributed by atoms with Crippen molar-refractivity contribution in [1.82, 2.24) is 15.3 Å². The Labute approximate surface area is 117 Å². The number of amides is 1. The summed E-state index contributed by atoms with van der Waals surface area (Å²) in [6.07, 6.45) is 2.93. The number of aromatic nitrogens is 2. The van der Waals surface area contributed by atoms with E-state index in [1.807, 2.05) is 20.8 Å². The predicted octanol–water partition coefficient (Wildman–Crippen LogP) is 2.81. The van der Waals surface area contributed by atoms with Crippen molar-refractivity contribution in [2.75, 3.05) is 0 Å². The molecule has 0 saturated heterocycles. The second-order valence-corrected chi connectivity index (χ2v) is 5.51. The van der Waals surface area contributed by atoms with Crippen LogP contribution < -0.4 is 5.32 Å². The van der Waals surface area contributed by atoms with Crippen molar-refractivity contribution in [3.8, 4) is 11.4 Å². The average Bonchev–Trinajstić information content (AvgIpc) is 2.38. The quantitative estimate of drug-likeness (QED) is 0.915. The van der Waals surface area contributed by atoms with Gasteiger partial charge >= 0.3 is 0 Å². The first-order chi connectivity index (χ1) is 9.35. The third-order valence-corrected chi connectivity index (χ3v) is 2.50. The van der Waals surface area contributed by atoms with Crippen LogP contribution in [0.4, 0.5) is 4.39 Å². The van der Waals surface area contributed by atoms with Gasteiger partial charge in [0.15, 0.2) is 5.82 Å². The highest BCUT2D eigenvalue weighted by Crippen LogP contribution is 2.15. The summed E-state index contributed by atoms with van der Waals surface area (Å²) in [5.41, 5.74) is 0.784. The molecule has 1 N–H and O–H groups in total. The smallest absolute Gasteiger partial charge is 0.254 e. The van der Waals surface area contributed by atoms with Crippen LogP contribution in [0.3, 0.4) is 0 Å². The molecule has 5 heteroatoms. The normalized spacial score (nSPS) is 11.2. The number of hydrogen-bond acceptors (Lipinski definition) is 3. The Morgan fingerprint density at radius 3 is 2.15 bits per heavy atom. The fraction of sp³-hybridized carbons (Fsp3) is 0.267. The molecule has 4 nitrogen and oxygen atoms in total. The lowest BCUT2D eigenvalue weighted by Gasteiger charge is -2.20. The number of carbonyl (C=O) groups is 1. The summed E-state index contributed by atoms with van der Waals surface area (Å²) in [6, 6.07) is 5.89. The van der Waals surface area contributed by atoms with Gasteiger partial charge in [-0.3, -0.25) is 4.79 Å². The molecule has 0 spiro atoms. The van der Waals surface area contributed by atoms with Crippen LogP contribution in [-0.4, -0.2) is 21.4 Å². The highest BCUT2D eigenvalue weighted by atomic mass is 19.1. The lowest BCUT2D eigenvalue weighted by molar-refractivity contribution is 0.0919. The number of benzene rings is 1. The van der Waals surface area contributed by atoms with E-state index in [9.17, 15) is 9.18 Å². The number of carbonyl (C=O) groups excluding carboxylic acids is 1. The van der Waals surface area contributed by atoms with Crippen LogP contribution in [-0.2, 0) is 0 Å². The Kier molecular flexibility index (Phi) is 3.79. The fourth-order valence-corrected chi connectivity index (χ4v) is 1.61. The second-order valence-electron chi connectivity index (χ2n) is 5.51. The molecule has 20 heavy (non-hydrogen) atoms. The summed E-state index contributed by atoms with van der Waals surface area (Å²) in [5, 5.41) is 2.83. The van der Waals surface area contributed by atoms with E-state index in [0.29, 0.717) is 17.0 Å². The molecule has 2 rings (SSSR count). The van der Waals surface area contributed by atoms with E-state index in [4.69, 9.17) is 0 Å². The van der Waals surface area contributed by atoms with Crippen LogP contribution in [0.25, 0.3) is 11.4 Å². The molecule has 104 valence electrons. The predicted molar refractivity (Wildman–Crippen MR) is 74.6 cm³/mol. The van der Waals surface area contributed by atoms with E-state index >= 15 is 0 Å². The Balaban J connectivity index is 2.18. The van der Waals surface area contributed by atoms with Crippen LogP contribution in [0, 0.1) is 5.82 Å². The third kappa shape index (κ3) is 3.60. The van der Waals surface area contributed by atoms with Gasteiger partial charge in [-0.15, -0.1) is 0 Å². The minimum absolute atomic E-state index is 0.219. The van der Waals surface area contributed by atoms with Crippen molar-refractivity contribution in [3.63, 3.8) is 0 Å². The van der Waals surface area contributed by atoms with Gasteiger partial charge in [0.1, 0.15) is 5.82 Å². The molecule has 1 aromatic carbocycles. The van der Waals surface area contributed by atoms with Crippen LogP contribution >= 0.6 is 0 Å². The number of halogens is 1. The molecule has 0 aliphatic heterocycles. The molecule has 1 heterocycles. The third-order valence-electron chi connectivity index (χ3n) is 2.50. The van der Waals surface area contributed by atoms with Crippen LogP contribution in [0.2, 0.25) is 0 Å². The SMILES string of the molecule is CC(C)(C)NC(=O)c1cnc(-c2ccc(F)cc2)nc1. The van der Waals surface area contributed by atoms with Gasteiger partial charge in [0.25, 0.3) is 5.91 Å². The highest BCUT2D eigenvalue weighted by molar-refractivity contribution is 5.94.